The molecule has 0 saturated heterocycles. The van der Waals surface area contributed by atoms with Gasteiger partial charge in [-0.15, -0.1) is 0 Å². The summed E-state index contributed by atoms with van der Waals surface area (Å²) in [6.45, 7) is 0.0888. The predicted molar refractivity (Wildman–Crippen MR) is 95.8 cm³/mol. The van der Waals surface area contributed by atoms with Gasteiger partial charge in [-0.25, -0.2) is 4.98 Å². The number of carboxylic acid groups (broad SMARTS) is 1. The summed E-state index contributed by atoms with van der Waals surface area (Å²) in [6, 6.07) is 7.21. The number of aliphatic carboxylic acids is 1. The number of benzene rings is 1. The van der Waals surface area contributed by atoms with Gasteiger partial charge in [0.25, 0.3) is 5.91 Å². The smallest absolute Gasteiger partial charge is 0.305 e. The van der Waals surface area contributed by atoms with Crippen LogP contribution in [0.2, 0.25) is 0 Å². The Kier molecular flexibility index (Phi) is 3.85. The average Bonchev–Trinajstić information content (AvgIpc) is 3.24. The first kappa shape index (κ1) is 15.8. The molecule has 0 aliphatic carbocycles. The van der Waals surface area contributed by atoms with Crippen LogP contribution in [-0.2, 0) is 4.79 Å². The van der Waals surface area contributed by atoms with Gasteiger partial charge >= 0.3 is 5.97 Å². The average molecular weight is 349 g/mol. The summed E-state index contributed by atoms with van der Waals surface area (Å²) in [5, 5.41) is 12.2. The lowest BCUT2D eigenvalue weighted by Gasteiger charge is -2.04. The molecule has 130 valence electrons. The second kappa shape index (κ2) is 6.32. The van der Waals surface area contributed by atoms with E-state index in [1.165, 1.54) is 0 Å². The monoisotopic (exact) mass is 349 g/mol. The highest BCUT2D eigenvalue weighted by Gasteiger charge is 2.13. The molecule has 0 aliphatic heterocycles. The topological polar surface area (TPSA) is 124 Å². The molecule has 1 amide bonds. The molecule has 4 aromatic rings. The molecule has 3 heterocycles. The molecule has 0 unspecified atom stereocenters. The zero-order valence-corrected chi connectivity index (χ0v) is 13.6. The van der Waals surface area contributed by atoms with Crippen LogP contribution in [0.4, 0.5) is 0 Å². The molecule has 8 nitrogen and oxygen atoms in total. The number of hydrogen-bond acceptors (Lipinski definition) is 4. The van der Waals surface area contributed by atoms with Crippen LogP contribution in [-0.4, -0.2) is 43.5 Å². The number of amides is 1. The van der Waals surface area contributed by atoms with E-state index in [0.29, 0.717) is 11.2 Å². The number of carbonyl (C=O) groups excluding carboxylic acids is 1. The Hall–Kier alpha value is -3.68. The van der Waals surface area contributed by atoms with E-state index in [1.54, 1.807) is 24.5 Å². The number of fused-ring (bicyclic) bond motifs is 2. The third-order valence-electron chi connectivity index (χ3n) is 4.12. The van der Waals surface area contributed by atoms with Crippen LogP contribution >= 0.6 is 0 Å². The maximum Gasteiger partial charge on any atom is 0.305 e. The molecule has 4 rings (SSSR count). The highest BCUT2D eigenvalue weighted by atomic mass is 16.4. The molecular weight excluding hydrogens is 334 g/mol. The predicted octanol–water partition coefficient (Wildman–Crippen LogP) is 2.31. The number of aromatic amines is 2. The first-order valence-electron chi connectivity index (χ1n) is 8.03. The van der Waals surface area contributed by atoms with Crippen molar-refractivity contribution in [1.82, 2.24) is 25.3 Å². The van der Waals surface area contributed by atoms with Crippen LogP contribution in [0.15, 0.2) is 42.9 Å². The van der Waals surface area contributed by atoms with E-state index < -0.39 is 5.97 Å². The van der Waals surface area contributed by atoms with Gasteiger partial charge < -0.3 is 20.4 Å². The first-order chi connectivity index (χ1) is 12.6. The SMILES string of the molecule is O=C(O)CCNC(=O)c1ccc2[nH]cc(-c3cc4nccnc4[nH]3)c2c1. The summed E-state index contributed by atoms with van der Waals surface area (Å²) in [5.74, 6) is -1.25. The third-order valence-corrected chi connectivity index (χ3v) is 4.12. The van der Waals surface area contributed by atoms with Crippen molar-refractivity contribution in [2.75, 3.05) is 6.54 Å². The van der Waals surface area contributed by atoms with E-state index in [-0.39, 0.29) is 18.9 Å². The van der Waals surface area contributed by atoms with Crippen molar-refractivity contribution in [2.24, 2.45) is 0 Å². The minimum atomic E-state index is -0.949. The molecule has 4 N–H and O–H groups in total. The third kappa shape index (κ3) is 2.88. The summed E-state index contributed by atoms with van der Waals surface area (Å²) >= 11 is 0. The largest absolute Gasteiger partial charge is 0.481 e. The summed E-state index contributed by atoms with van der Waals surface area (Å²) in [5.41, 5.74) is 4.57. The number of nitrogens with one attached hydrogen (secondary N) is 3. The van der Waals surface area contributed by atoms with Gasteiger partial charge in [-0.05, 0) is 24.3 Å². The van der Waals surface area contributed by atoms with Gasteiger partial charge in [0.2, 0.25) is 0 Å². The minimum absolute atomic E-state index is 0.0888. The lowest BCUT2D eigenvalue weighted by Crippen LogP contribution is -2.25. The number of hydrogen-bond donors (Lipinski definition) is 4. The van der Waals surface area contributed by atoms with Gasteiger partial charge in [0.05, 0.1) is 12.1 Å². The molecular formula is C18H15N5O3. The maximum atomic E-state index is 12.2. The first-order valence-corrected chi connectivity index (χ1v) is 8.03. The van der Waals surface area contributed by atoms with Crippen LogP contribution in [0.5, 0.6) is 0 Å². The van der Waals surface area contributed by atoms with Crippen LogP contribution in [0.3, 0.4) is 0 Å². The molecule has 0 radical (unpaired) electrons. The fourth-order valence-electron chi connectivity index (χ4n) is 2.87. The number of nitrogens with zero attached hydrogens (tertiary/aromatic N) is 2. The second-order valence-electron chi connectivity index (χ2n) is 5.84. The number of carboxylic acids is 1. The van der Waals surface area contributed by atoms with Gasteiger partial charge in [-0.2, -0.15) is 0 Å². The Morgan fingerprint density at radius 2 is 2.00 bits per heavy atom. The van der Waals surface area contributed by atoms with E-state index in [1.807, 2.05) is 18.3 Å². The van der Waals surface area contributed by atoms with E-state index in [9.17, 15) is 9.59 Å². The van der Waals surface area contributed by atoms with Gasteiger partial charge in [0, 0.05) is 47.2 Å². The lowest BCUT2D eigenvalue weighted by molar-refractivity contribution is -0.136. The van der Waals surface area contributed by atoms with Crippen LogP contribution in [0.1, 0.15) is 16.8 Å². The second-order valence-corrected chi connectivity index (χ2v) is 5.84. The molecule has 0 spiro atoms. The van der Waals surface area contributed by atoms with Crippen molar-refractivity contribution in [3.63, 3.8) is 0 Å². The molecule has 8 heteroatoms. The normalized spacial score (nSPS) is 11.1. The van der Waals surface area contributed by atoms with E-state index in [4.69, 9.17) is 5.11 Å². The van der Waals surface area contributed by atoms with Gasteiger partial charge in [-0.1, -0.05) is 0 Å². The molecule has 0 fully saturated rings. The molecule has 0 bridgehead atoms. The van der Waals surface area contributed by atoms with Crippen molar-refractivity contribution in [2.45, 2.75) is 6.42 Å². The number of carbonyl (C=O) groups is 2. The summed E-state index contributed by atoms with van der Waals surface area (Å²) in [7, 11) is 0. The van der Waals surface area contributed by atoms with E-state index >= 15 is 0 Å². The Balaban J connectivity index is 1.68. The maximum absolute atomic E-state index is 12.2. The zero-order chi connectivity index (χ0) is 18.1. The van der Waals surface area contributed by atoms with E-state index in [2.05, 4.69) is 25.3 Å². The summed E-state index contributed by atoms with van der Waals surface area (Å²) in [4.78, 5) is 37.7. The van der Waals surface area contributed by atoms with Crippen molar-refractivity contribution >= 4 is 33.9 Å². The van der Waals surface area contributed by atoms with Crippen molar-refractivity contribution in [3.05, 3.63) is 48.4 Å². The highest BCUT2D eigenvalue weighted by Crippen LogP contribution is 2.30. The number of aromatic nitrogens is 4. The Morgan fingerprint density at radius 3 is 2.81 bits per heavy atom. The van der Waals surface area contributed by atoms with Gasteiger partial charge in [0.15, 0.2) is 5.65 Å². The van der Waals surface area contributed by atoms with Gasteiger partial charge in [-0.3, -0.25) is 14.6 Å². The summed E-state index contributed by atoms with van der Waals surface area (Å²) in [6.07, 6.45) is 5.01. The van der Waals surface area contributed by atoms with Gasteiger partial charge in [0.1, 0.15) is 5.52 Å². The Labute approximate surface area is 147 Å². The Bertz CT molecular complexity index is 1100. The fraction of sp³-hybridized carbons (Fsp3) is 0.111. The van der Waals surface area contributed by atoms with Crippen LogP contribution in [0.25, 0.3) is 33.3 Å². The summed E-state index contributed by atoms with van der Waals surface area (Å²) < 4.78 is 0. The number of rotatable bonds is 5. The lowest BCUT2D eigenvalue weighted by atomic mass is 10.1. The minimum Gasteiger partial charge on any atom is -0.481 e. The molecule has 3 aromatic heterocycles. The molecule has 0 saturated carbocycles. The van der Waals surface area contributed by atoms with Crippen LogP contribution < -0.4 is 5.32 Å². The standard InChI is InChI=1S/C18H15N5O3/c24-16(25)3-4-21-18(26)10-1-2-13-11(7-10)12(9-22-13)14-8-15-17(23-14)20-6-5-19-15/h1-2,5-9,22H,3-4H2,(H,20,23)(H,21,26)(H,24,25). The van der Waals surface area contributed by atoms with Crippen LogP contribution in [0, 0.1) is 0 Å². The van der Waals surface area contributed by atoms with Crippen molar-refractivity contribution in [1.29, 1.82) is 0 Å². The molecule has 26 heavy (non-hydrogen) atoms. The van der Waals surface area contributed by atoms with Crippen molar-refractivity contribution in [3.8, 4) is 11.3 Å². The Morgan fingerprint density at radius 1 is 1.15 bits per heavy atom. The zero-order valence-electron chi connectivity index (χ0n) is 13.6. The molecule has 0 atom stereocenters. The van der Waals surface area contributed by atoms with Crippen molar-refractivity contribution < 1.29 is 14.7 Å². The fourth-order valence-corrected chi connectivity index (χ4v) is 2.87. The van der Waals surface area contributed by atoms with E-state index in [0.717, 1.165) is 27.7 Å². The number of H-pyrrole nitrogens is 2. The molecule has 0 aliphatic rings. The quantitative estimate of drug-likeness (QED) is 0.440. The molecule has 1 aromatic carbocycles. The highest BCUT2D eigenvalue weighted by molar-refractivity contribution is 6.03.